The van der Waals surface area contributed by atoms with E-state index in [1.807, 2.05) is 0 Å². The number of pyridine rings is 1. The monoisotopic (exact) mass is 451 g/mol. The molecule has 0 saturated carbocycles. The molecule has 0 N–H and O–H groups in total. The lowest BCUT2D eigenvalue weighted by atomic mass is 10.3. The predicted molar refractivity (Wildman–Crippen MR) is 94.9 cm³/mol. The highest BCUT2D eigenvalue weighted by Crippen LogP contribution is 2.27. The van der Waals surface area contributed by atoms with Gasteiger partial charge in [0.1, 0.15) is 10.6 Å². The minimum atomic E-state index is -4.95. The van der Waals surface area contributed by atoms with E-state index in [1.165, 1.54) is 24.5 Å². The fourth-order valence-electron chi connectivity index (χ4n) is 2.78. The molecule has 1 aromatic heterocycles. The minimum absolute atomic E-state index is 0.00620. The summed E-state index contributed by atoms with van der Waals surface area (Å²) in [5.41, 5.74) is 0. The molecule has 0 radical (unpaired) electrons. The first-order valence-electron chi connectivity index (χ1n) is 8.26. The number of alkyl halides is 3. The summed E-state index contributed by atoms with van der Waals surface area (Å²) in [6, 6.07) is 6.92. The maximum atomic E-state index is 12.7. The number of hydrogen-bond donors (Lipinski definition) is 0. The first kappa shape index (κ1) is 21.5. The number of hydrogen-bond acceptors (Lipinski definition) is 6. The largest absolute Gasteiger partial charge is 0.573 e. The van der Waals surface area contributed by atoms with E-state index in [0.29, 0.717) is 0 Å². The van der Waals surface area contributed by atoms with E-state index in [4.69, 9.17) is 0 Å². The topological polar surface area (TPSA) is 96.9 Å². The predicted octanol–water partition coefficient (Wildman–Crippen LogP) is 1.68. The van der Waals surface area contributed by atoms with Gasteiger partial charge in [0.25, 0.3) is 0 Å². The van der Waals surface area contributed by atoms with Crippen LogP contribution < -0.4 is 4.74 Å². The molecular weight excluding hydrogens is 435 g/mol. The molecule has 0 aliphatic carbocycles. The van der Waals surface area contributed by atoms with Crippen molar-refractivity contribution in [3.05, 3.63) is 48.8 Å². The molecule has 2 aromatic rings. The lowest BCUT2D eigenvalue weighted by Crippen LogP contribution is -2.50. The SMILES string of the molecule is O=S(=O)(c1cccnc1)N1CCN(S(=O)(=O)c2cccc(OC(F)(F)F)c2)CC1. The number of aromatic nitrogens is 1. The van der Waals surface area contributed by atoms with Crippen LogP contribution in [0, 0.1) is 0 Å². The Morgan fingerprint density at radius 1 is 0.862 bits per heavy atom. The van der Waals surface area contributed by atoms with Crippen molar-refractivity contribution in [2.24, 2.45) is 0 Å². The van der Waals surface area contributed by atoms with Crippen LogP contribution in [0.3, 0.4) is 0 Å². The molecule has 29 heavy (non-hydrogen) atoms. The lowest BCUT2D eigenvalue weighted by molar-refractivity contribution is -0.274. The summed E-state index contributed by atoms with van der Waals surface area (Å²) < 4.78 is 93.7. The second-order valence-corrected chi connectivity index (χ2v) is 9.90. The van der Waals surface area contributed by atoms with Crippen molar-refractivity contribution >= 4 is 20.0 Å². The Morgan fingerprint density at radius 3 is 1.93 bits per heavy atom. The van der Waals surface area contributed by atoms with Crippen LogP contribution in [0.1, 0.15) is 0 Å². The van der Waals surface area contributed by atoms with Crippen LogP contribution in [-0.2, 0) is 20.0 Å². The molecule has 2 heterocycles. The average molecular weight is 451 g/mol. The average Bonchev–Trinajstić information content (AvgIpc) is 2.67. The summed E-state index contributed by atoms with van der Waals surface area (Å²) in [5, 5.41) is 0. The maximum absolute atomic E-state index is 12.7. The van der Waals surface area contributed by atoms with Crippen LogP contribution in [0.4, 0.5) is 13.2 Å². The molecule has 0 bridgehead atoms. The molecule has 13 heteroatoms. The third-order valence-electron chi connectivity index (χ3n) is 4.15. The van der Waals surface area contributed by atoms with Crippen LogP contribution in [0.25, 0.3) is 0 Å². The van der Waals surface area contributed by atoms with Crippen LogP contribution in [0.5, 0.6) is 5.75 Å². The van der Waals surface area contributed by atoms with E-state index in [-0.39, 0.29) is 36.0 Å². The van der Waals surface area contributed by atoms with Gasteiger partial charge in [0.2, 0.25) is 20.0 Å². The highest BCUT2D eigenvalue weighted by atomic mass is 32.2. The number of halogens is 3. The Bertz CT molecular complexity index is 1070. The Kier molecular flexibility index (Phi) is 5.85. The van der Waals surface area contributed by atoms with Gasteiger partial charge in [-0.2, -0.15) is 8.61 Å². The molecule has 0 spiro atoms. The van der Waals surface area contributed by atoms with Crippen LogP contribution in [-0.4, -0.2) is 63.0 Å². The highest BCUT2D eigenvalue weighted by Gasteiger charge is 2.35. The lowest BCUT2D eigenvalue weighted by Gasteiger charge is -2.33. The van der Waals surface area contributed by atoms with E-state index in [0.717, 1.165) is 32.9 Å². The molecule has 0 atom stereocenters. The molecule has 1 saturated heterocycles. The number of benzene rings is 1. The second kappa shape index (κ2) is 7.89. The molecule has 158 valence electrons. The van der Waals surface area contributed by atoms with E-state index < -0.39 is 32.2 Å². The summed E-state index contributed by atoms with van der Waals surface area (Å²) >= 11 is 0. The molecule has 3 rings (SSSR count). The number of ether oxygens (including phenoxy) is 1. The van der Waals surface area contributed by atoms with Crippen LogP contribution in [0.2, 0.25) is 0 Å². The first-order chi connectivity index (χ1) is 13.5. The zero-order valence-corrected chi connectivity index (χ0v) is 16.4. The van der Waals surface area contributed by atoms with E-state index in [1.54, 1.807) is 0 Å². The van der Waals surface area contributed by atoms with Crippen molar-refractivity contribution in [2.75, 3.05) is 26.2 Å². The summed E-state index contributed by atoms with van der Waals surface area (Å²) in [7, 11) is -7.94. The van der Waals surface area contributed by atoms with Crippen molar-refractivity contribution in [3.63, 3.8) is 0 Å². The molecule has 1 aliphatic rings. The fourth-order valence-corrected chi connectivity index (χ4v) is 5.62. The van der Waals surface area contributed by atoms with Crippen molar-refractivity contribution in [1.29, 1.82) is 0 Å². The molecule has 1 aromatic carbocycles. The Morgan fingerprint density at radius 2 is 1.41 bits per heavy atom. The Balaban J connectivity index is 1.74. The number of rotatable bonds is 5. The van der Waals surface area contributed by atoms with Crippen LogP contribution in [0.15, 0.2) is 58.6 Å². The maximum Gasteiger partial charge on any atom is 0.573 e. The van der Waals surface area contributed by atoms with E-state index in [2.05, 4.69) is 9.72 Å². The van der Waals surface area contributed by atoms with Gasteiger partial charge in [-0.3, -0.25) is 4.98 Å². The normalized spacial score (nSPS) is 17.2. The van der Waals surface area contributed by atoms with Gasteiger partial charge in [-0.05, 0) is 24.3 Å². The summed E-state index contributed by atoms with van der Waals surface area (Å²) in [4.78, 5) is 3.39. The summed E-state index contributed by atoms with van der Waals surface area (Å²) in [6.07, 6.45) is -2.32. The molecule has 1 aliphatic heterocycles. The molecule has 0 amide bonds. The standard InChI is InChI=1S/C16H16F3N3O5S2/c17-16(18,19)27-13-3-1-4-14(11-13)28(23,24)21-7-9-22(10-8-21)29(25,26)15-5-2-6-20-12-15/h1-6,11-12H,7-10H2. The van der Waals surface area contributed by atoms with Crippen LogP contribution >= 0.6 is 0 Å². The number of nitrogens with zero attached hydrogens (tertiary/aromatic N) is 3. The van der Waals surface area contributed by atoms with Crippen molar-refractivity contribution in [3.8, 4) is 5.75 Å². The van der Waals surface area contributed by atoms with Gasteiger partial charge in [0.15, 0.2) is 0 Å². The van der Waals surface area contributed by atoms with Gasteiger partial charge in [0.05, 0.1) is 4.90 Å². The molecule has 8 nitrogen and oxygen atoms in total. The zero-order valence-electron chi connectivity index (χ0n) is 14.8. The molecule has 0 unspecified atom stereocenters. The van der Waals surface area contributed by atoms with E-state index in [9.17, 15) is 30.0 Å². The van der Waals surface area contributed by atoms with Gasteiger partial charge in [-0.15, -0.1) is 13.2 Å². The van der Waals surface area contributed by atoms with E-state index >= 15 is 0 Å². The summed E-state index contributed by atoms with van der Waals surface area (Å²) in [6.45, 7) is -0.497. The number of sulfonamides is 2. The quantitative estimate of drug-likeness (QED) is 0.686. The van der Waals surface area contributed by atoms with Crippen molar-refractivity contribution in [1.82, 2.24) is 13.6 Å². The smallest absolute Gasteiger partial charge is 0.406 e. The summed E-state index contributed by atoms with van der Waals surface area (Å²) in [5.74, 6) is -0.656. The first-order valence-corrected chi connectivity index (χ1v) is 11.1. The van der Waals surface area contributed by atoms with Gasteiger partial charge >= 0.3 is 6.36 Å². The van der Waals surface area contributed by atoms with Gasteiger partial charge in [0, 0.05) is 44.6 Å². The fraction of sp³-hybridized carbons (Fsp3) is 0.312. The highest BCUT2D eigenvalue weighted by molar-refractivity contribution is 7.89. The van der Waals surface area contributed by atoms with Crippen molar-refractivity contribution < 1.29 is 34.7 Å². The minimum Gasteiger partial charge on any atom is -0.406 e. The second-order valence-electron chi connectivity index (χ2n) is 6.02. The third-order valence-corrected chi connectivity index (χ3v) is 7.92. The van der Waals surface area contributed by atoms with Crippen molar-refractivity contribution in [2.45, 2.75) is 16.2 Å². The molecule has 1 fully saturated rings. The number of piperazine rings is 1. The third kappa shape index (κ3) is 4.86. The Labute approximate surface area is 165 Å². The Hall–Kier alpha value is -2.22. The van der Waals surface area contributed by atoms with Gasteiger partial charge in [-0.1, -0.05) is 6.07 Å². The molecular formula is C16H16F3N3O5S2. The van der Waals surface area contributed by atoms with Gasteiger partial charge in [-0.25, -0.2) is 16.8 Å². The van der Waals surface area contributed by atoms with Gasteiger partial charge < -0.3 is 4.74 Å². The zero-order chi connectivity index (χ0) is 21.3.